The van der Waals surface area contributed by atoms with Crippen molar-refractivity contribution in [2.24, 2.45) is 11.8 Å². The van der Waals surface area contributed by atoms with Crippen LogP contribution in [0.1, 0.15) is 29.8 Å². The largest absolute Gasteiger partial charge is 0.383 e. The lowest BCUT2D eigenvalue weighted by Gasteiger charge is -2.25. The number of ether oxygens (including phenoxy) is 1. The standard InChI is InChI=1S/C15H25N5O2/c1-3-5-19-8-11-7-13-17-18-14(15(21)16-4-6-22-2)20(13)10-12(11)9-19/h11-12H,3-10H2,1-2H3,(H,16,21)/t11-,12+/m0/s1. The maximum atomic E-state index is 12.2. The molecule has 1 aromatic heterocycles. The van der Waals surface area contributed by atoms with Gasteiger partial charge >= 0.3 is 0 Å². The molecule has 0 aliphatic carbocycles. The van der Waals surface area contributed by atoms with Crippen molar-refractivity contribution in [3.63, 3.8) is 0 Å². The molecule has 0 aromatic carbocycles. The number of carbonyl (C=O) groups excluding carboxylic acids is 1. The number of likely N-dealkylation sites (tertiary alicyclic amines) is 1. The number of aromatic nitrogens is 3. The number of nitrogens with zero attached hydrogens (tertiary/aromatic N) is 4. The summed E-state index contributed by atoms with van der Waals surface area (Å²) in [4.78, 5) is 14.7. The molecule has 7 heteroatoms. The molecule has 1 saturated heterocycles. The Hall–Kier alpha value is -1.47. The number of rotatable bonds is 6. The minimum Gasteiger partial charge on any atom is -0.383 e. The lowest BCUT2D eigenvalue weighted by molar-refractivity contribution is 0.0918. The average Bonchev–Trinajstić information content (AvgIpc) is 3.07. The SMILES string of the molecule is CCCN1C[C@@H]2Cn3c(nnc3C(=O)NCCOC)C[C@H]2C1. The van der Waals surface area contributed by atoms with E-state index in [0.29, 0.717) is 30.8 Å². The maximum absolute atomic E-state index is 12.2. The highest BCUT2D eigenvalue weighted by molar-refractivity contribution is 5.90. The summed E-state index contributed by atoms with van der Waals surface area (Å²) in [5, 5.41) is 11.2. The van der Waals surface area contributed by atoms with E-state index in [2.05, 4.69) is 27.3 Å². The van der Waals surface area contributed by atoms with Crippen LogP contribution in [0.15, 0.2) is 0 Å². The molecule has 2 aliphatic heterocycles. The first-order valence-electron chi connectivity index (χ1n) is 8.14. The molecule has 3 rings (SSSR count). The van der Waals surface area contributed by atoms with Crippen LogP contribution in [-0.4, -0.2) is 65.5 Å². The number of nitrogens with one attached hydrogen (secondary N) is 1. The Morgan fingerprint density at radius 3 is 2.91 bits per heavy atom. The highest BCUT2D eigenvalue weighted by Crippen LogP contribution is 2.32. The van der Waals surface area contributed by atoms with Crippen LogP contribution in [0.2, 0.25) is 0 Å². The van der Waals surface area contributed by atoms with Gasteiger partial charge in [-0.1, -0.05) is 6.92 Å². The highest BCUT2D eigenvalue weighted by atomic mass is 16.5. The lowest BCUT2D eigenvalue weighted by atomic mass is 9.89. The summed E-state index contributed by atoms with van der Waals surface area (Å²) >= 11 is 0. The molecule has 122 valence electrons. The van der Waals surface area contributed by atoms with Gasteiger partial charge in [-0.25, -0.2) is 0 Å². The first-order chi connectivity index (χ1) is 10.7. The topological polar surface area (TPSA) is 72.3 Å². The Labute approximate surface area is 131 Å². The van der Waals surface area contributed by atoms with Crippen LogP contribution in [0.3, 0.4) is 0 Å². The van der Waals surface area contributed by atoms with Crippen molar-refractivity contribution in [3.05, 3.63) is 11.6 Å². The summed E-state index contributed by atoms with van der Waals surface area (Å²) < 4.78 is 6.96. The molecule has 3 heterocycles. The van der Waals surface area contributed by atoms with Gasteiger partial charge in [0.1, 0.15) is 5.82 Å². The third kappa shape index (κ3) is 3.01. The summed E-state index contributed by atoms with van der Waals surface area (Å²) in [6.45, 7) is 7.52. The number of carbonyl (C=O) groups is 1. The molecule has 1 amide bonds. The van der Waals surface area contributed by atoms with Gasteiger partial charge in [-0.05, 0) is 24.8 Å². The number of hydrogen-bond donors (Lipinski definition) is 1. The Balaban J connectivity index is 1.67. The van der Waals surface area contributed by atoms with E-state index in [-0.39, 0.29) is 5.91 Å². The maximum Gasteiger partial charge on any atom is 0.289 e. The average molecular weight is 307 g/mol. The van der Waals surface area contributed by atoms with Crippen LogP contribution in [0.5, 0.6) is 0 Å². The number of methoxy groups -OCH3 is 1. The van der Waals surface area contributed by atoms with Crippen LogP contribution in [0.25, 0.3) is 0 Å². The zero-order chi connectivity index (χ0) is 15.5. The van der Waals surface area contributed by atoms with Crippen molar-refractivity contribution in [2.45, 2.75) is 26.3 Å². The van der Waals surface area contributed by atoms with Crippen molar-refractivity contribution in [3.8, 4) is 0 Å². The lowest BCUT2D eigenvalue weighted by Crippen LogP contribution is -2.34. The number of fused-ring (bicyclic) bond motifs is 2. The summed E-state index contributed by atoms with van der Waals surface area (Å²) in [7, 11) is 1.62. The molecule has 0 spiro atoms. The first kappa shape index (κ1) is 15.4. The molecule has 0 saturated carbocycles. The summed E-state index contributed by atoms with van der Waals surface area (Å²) in [5.41, 5.74) is 0. The normalized spacial score (nSPS) is 24.1. The minimum atomic E-state index is -0.155. The van der Waals surface area contributed by atoms with E-state index in [0.717, 1.165) is 38.4 Å². The predicted octanol–water partition coefficient (Wildman–Crippen LogP) is 0.168. The second-order valence-electron chi connectivity index (χ2n) is 6.28. The zero-order valence-corrected chi connectivity index (χ0v) is 13.4. The van der Waals surface area contributed by atoms with Crippen LogP contribution < -0.4 is 5.32 Å². The summed E-state index contributed by atoms with van der Waals surface area (Å²) in [6.07, 6.45) is 2.13. The van der Waals surface area contributed by atoms with E-state index in [1.54, 1.807) is 7.11 Å². The van der Waals surface area contributed by atoms with Gasteiger partial charge in [0.25, 0.3) is 5.91 Å². The molecule has 2 atom stereocenters. The fourth-order valence-electron chi connectivity index (χ4n) is 3.63. The van der Waals surface area contributed by atoms with E-state index in [1.807, 2.05) is 4.57 Å². The van der Waals surface area contributed by atoms with E-state index < -0.39 is 0 Å². The first-order valence-corrected chi connectivity index (χ1v) is 8.14. The molecule has 2 aliphatic rings. The van der Waals surface area contributed by atoms with Crippen molar-refractivity contribution < 1.29 is 9.53 Å². The van der Waals surface area contributed by atoms with Crippen molar-refractivity contribution >= 4 is 5.91 Å². The van der Waals surface area contributed by atoms with E-state index >= 15 is 0 Å². The van der Waals surface area contributed by atoms with Gasteiger partial charge in [0.05, 0.1) is 6.61 Å². The molecule has 0 bridgehead atoms. The van der Waals surface area contributed by atoms with Gasteiger partial charge in [-0.2, -0.15) is 0 Å². The second-order valence-corrected chi connectivity index (χ2v) is 6.28. The fraction of sp³-hybridized carbons (Fsp3) is 0.800. The van der Waals surface area contributed by atoms with Crippen molar-refractivity contribution in [1.29, 1.82) is 0 Å². The Morgan fingerprint density at radius 1 is 1.32 bits per heavy atom. The van der Waals surface area contributed by atoms with Gasteiger partial charge in [-0.3, -0.25) is 4.79 Å². The quantitative estimate of drug-likeness (QED) is 0.759. The molecule has 7 nitrogen and oxygen atoms in total. The van der Waals surface area contributed by atoms with Gasteiger partial charge < -0.3 is 19.5 Å². The molecule has 1 N–H and O–H groups in total. The third-order valence-electron chi connectivity index (χ3n) is 4.68. The molecular weight excluding hydrogens is 282 g/mol. The van der Waals surface area contributed by atoms with E-state index in [1.165, 1.54) is 6.42 Å². The Kier molecular flexibility index (Phi) is 4.73. The number of hydrogen-bond acceptors (Lipinski definition) is 5. The van der Waals surface area contributed by atoms with Crippen LogP contribution in [0.4, 0.5) is 0 Å². The summed E-state index contributed by atoms with van der Waals surface area (Å²) in [5.74, 6) is 2.51. The minimum absolute atomic E-state index is 0.155. The highest BCUT2D eigenvalue weighted by Gasteiger charge is 2.38. The summed E-state index contributed by atoms with van der Waals surface area (Å²) in [6, 6.07) is 0. The molecule has 22 heavy (non-hydrogen) atoms. The molecular formula is C15H25N5O2. The molecule has 0 radical (unpaired) electrons. The third-order valence-corrected chi connectivity index (χ3v) is 4.68. The van der Waals surface area contributed by atoms with Crippen LogP contribution >= 0.6 is 0 Å². The monoisotopic (exact) mass is 307 g/mol. The number of amides is 1. The van der Waals surface area contributed by atoms with Gasteiger partial charge in [0.15, 0.2) is 0 Å². The Bertz CT molecular complexity index is 530. The molecule has 1 aromatic rings. The van der Waals surface area contributed by atoms with Gasteiger partial charge in [0.2, 0.25) is 5.82 Å². The van der Waals surface area contributed by atoms with Gasteiger partial charge in [-0.15, -0.1) is 10.2 Å². The van der Waals surface area contributed by atoms with E-state index in [4.69, 9.17) is 4.74 Å². The molecule has 0 unspecified atom stereocenters. The fourth-order valence-corrected chi connectivity index (χ4v) is 3.63. The predicted molar refractivity (Wildman–Crippen MR) is 81.6 cm³/mol. The van der Waals surface area contributed by atoms with Crippen LogP contribution in [0, 0.1) is 11.8 Å². The van der Waals surface area contributed by atoms with Crippen molar-refractivity contribution in [1.82, 2.24) is 25.0 Å². The van der Waals surface area contributed by atoms with E-state index in [9.17, 15) is 4.79 Å². The second kappa shape index (κ2) is 6.75. The van der Waals surface area contributed by atoms with Crippen molar-refractivity contribution in [2.75, 3.05) is 39.9 Å². The molecule has 1 fully saturated rings. The smallest absolute Gasteiger partial charge is 0.289 e. The zero-order valence-electron chi connectivity index (χ0n) is 13.4. The van der Waals surface area contributed by atoms with Gasteiger partial charge in [0, 0.05) is 39.7 Å². The Morgan fingerprint density at radius 2 is 2.14 bits per heavy atom. The van der Waals surface area contributed by atoms with Crippen LogP contribution in [-0.2, 0) is 17.7 Å².